The number of nitrogens with one attached hydrogen (secondary N) is 1. The number of fused-ring (bicyclic) bond motifs is 1. The Morgan fingerprint density at radius 3 is 2.75 bits per heavy atom. The summed E-state index contributed by atoms with van der Waals surface area (Å²) in [5, 5.41) is 13.0. The van der Waals surface area contributed by atoms with Gasteiger partial charge in [0.05, 0.1) is 0 Å². The van der Waals surface area contributed by atoms with Crippen LogP contribution in [0.3, 0.4) is 0 Å². The first-order chi connectivity index (χ1) is 9.63. The van der Waals surface area contributed by atoms with Crippen LogP contribution in [0.1, 0.15) is 22.7 Å². The summed E-state index contributed by atoms with van der Waals surface area (Å²) in [6.07, 6.45) is 1.47. The third-order valence-electron chi connectivity index (χ3n) is 3.71. The lowest BCUT2D eigenvalue weighted by atomic mass is 9.90. The van der Waals surface area contributed by atoms with Gasteiger partial charge in [-0.2, -0.15) is 0 Å². The van der Waals surface area contributed by atoms with E-state index in [0.29, 0.717) is 6.42 Å². The van der Waals surface area contributed by atoms with Crippen molar-refractivity contribution in [2.24, 2.45) is 0 Å². The average Bonchev–Trinajstić information content (AvgIpc) is 2.44. The molecule has 3 rings (SSSR count). The summed E-state index contributed by atoms with van der Waals surface area (Å²) in [6.45, 7) is 0.839. The van der Waals surface area contributed by atoms with Gasteiger partial charge in [-0.15, -0.1) is 0 Å². The first-order valence-electron chi connectivity index (χ1n) is 6.62. The van der Waals surface area contributed by atoms with Gasteiger partial charge in [0.25, 0.3) is 0 Å². The summed E-state index contributed by atoms with van der Waals surface area (Å²) >= 11 is 0. The standard InChI is InChI=1S/C16H15F2NO/c17-14-4-1-10(7-15(14)18)8-16-13-9-12(20)3-2-11(13)5-6-19-16/h1-4,7,9,16,19-20H,5-6,8H2. The van der Waals surface area contributed by atoms with Crippen molar-refractivity contribution in [1.29, 1.82) is 0 Å². The second kappa shape index (κ2) is 5.21. The molecule has 2 aromatic carbocycles. The van der Waals surface area contributed by atoms with Gasteiger partial charge < -0.3 is 10.4 Å². The Balaban J connectivity index is 1.89. The molecular formula is C16H15F2NO. The Kier molecular flexibility index (Phi) is 3.40. The van der Waals surface area contributed by atoms with Gasteiger partial charge in [-0.05, 0) is 60.3 Å². The molecule has 0 radical (unpaired) electrons. The molecule has 2 N–H and O–H groups in total. The second-order valence-electron chi connectivity index (χ2n) is 5.09. The van der Waals surface area contributed by atoms with Crippen molar-refractivity contribution in [2.45, 2.75) is 18.9 Å². The minimum absolute atomic E-state index is 0.00992. The van der Waals surface area contributed by atoms with Crippen molar-refractivity contribution in [3.63, 3.8) is 0 Å². The molecule has 20 heavy (non-hydrogen) atoms. The molecular weight excluding hydrogens is 260 g/mol. The van der Waals surface area contributed by atoms with Crippen LogP contribution in [0.15, 0.2) is 36.4 Å². The highest BCUT2D eigenvalue weighted by molar-refractivity contribution is 5.39. The minimum Gasteiger partial charge on any atom is -0.508 e. The van der Waals surface area contributed by atoms with Crippen LogP contribution in [0.5, 0.6) is 5.75 Å². The van der Waals surface area contributed by atoms with Gasteiger partial charge in [-0.3, -0.25) is 0 Å². The molecule has 0 saturated heterocycles. The Labute approximate surface area is 116 Å². The fourth-order valence-corrected chi connectivity index (χ4v) is 2.71. The molecule has 0 fully saturated rings. The lowest BCUT2D eigenvalue weighted by Crippen LogP contribution is -2.31. The zero-order chi connectivity index (χ0) is 14.1. The first-order valence-corrected chi connectivity index (χ1v) is 6.62. The van der Waals surface area contributed by atoms with E-state index in [1.807, 2.05) is 6.07 Å². The van der Waals surface area contributed by atoms with Crippen LogP contribution in [-0.4, -0.2) is 11.7 Å². The van der Waals surface area contributed by atoms with E-state index in [0.717, 1.165) is 30.2 Å². The van der Waals surface area contributed by atoms with E-state index in [4.69, 9.17) is 0 Å². The fourth-order valence-electron chi connectivity index (χ4n) is 2.71. The molecule has 2 aromatic rings. The maximum atomic E-state index is 13.3. The molecule has 0 aliphatic carbocycles. The predicted octanol–water partition coefficient (Wildman–Crippen LogP) is 3.10. The van der Waals surface area contributed by atoms with Crippen LogP contribution in [0.25, 0.3) is 0 Å². The number of benzene rings is 2. The molecule has 1 aliphatic rings. The number of aromatic hydroxyl groups is 1. The molecule has 1 aliphatic heterocycles. The zero-order valence-electron chi connectivity index (χ0n) is 10.9. The number of halogens is 2. The first kappa shape index (κ1) is 13.1. The molecule has 0 amide bonds. The highest BCUT2D eigenvalue weighted by Crippen LogP contribution is 2.29. The Morgan fingerprint density at radius 1 is 1.10 bits per heavy atom. The predicted molar refractivity (Wildman–Crippen MR) is 72.6 cm³/mol. The van der Waals surface area contributed by atoms with E-state index in [1.165, 1.54) is 11.6 Å². The smallest absolute Gasteiger partial charge is 0.159 e. The summed E-state index contributed by atoms with van der Waals surface area (Å²) in [4.78, 5) is 0. The van der Waals surface area contributed by atoms with Gasteiger partial charge >= 0.3 is 0 Å². The number of hydrogen-bond acceptors (Lipinski definition) is 2. The highest BCUT2D eigenvalue weighted by atomic mass is 19.2. The van der Waals surface area contributed by atoms with Crippen molar-refractivity contribution in [2.75, 3.05) is 6.54 Å². The second-order valence-corrected chi connectivity index (χ2v) is 5.09. The van der Waals surface area contributed by atoms with Gasteiger partial charge in [0, 0.05) is 6.04 Å². The zero-order valence-corrected chi connectivity index (χ0v) is 10.9. The van der Waals surface area contributed by atoms with E-state index >= 15 is 0 Å². The van der Waals surface area contributed by atoms with Crippen LogP contribution < -0.4 is 5.32 Å². The van der Waals surface area contributed by atoms with E-state index in [2.05, 4.69) is 5.32 Å². The molecule has 0 saturated carbocycles. The van der Waals surface area contributed by atoms with Gasteiger partial charge in [-0.25, -0.2) is 8.78 Å². The minimum atomic E-state index is -0.830. The van der Waals surface area contributed by atoms with Crippen molar-refractivity contribution >= 4 is 0 Å². The van der Waals surface area contributed by atoms with Crippen LogP contribution in [-0.2, 0) is 12.8 Å². The fraction of sp³-hybridized carbons (Fsp3) is 0.250. The molecule has 0 aromatic heterocycles. The monoisotopic (exact) mass is 275 g/mol. The lowest BCUT2D eigenvalue weighted by Gasteiger charge is -2.27. The van der Waals surface area contributed by atoms with Crippen molar-refractivity contribution in [3.8, 4) is 5.75 Å². The van der Waals surface area contributed by atoms with Crippen LogP contribution in [0.4, 0.5) is 8.78 Å². The van der Waals surface area contributed by atoms with Gasteiger partial charge in [0.15, 0.2) is 11.6 Å². The Morgan fingerprint density at radius 2 is 1.95 bits per heavy atom. The topological polar surface area (TPSA) is 32.3 Å². The lowest BCUT2D eigenvalue weighted by molar-refractivity contribution is 0.462. The van der Waals surface area contributed by atoms with E-state index < -0.39 is 11.6 Å². The van der Waals surface area contributed by atoms with E-state index in [9.17, 15) is 13.9 Å². The van der Waals surface area contributed by atoms with Crippen molar-refractivity contribution in [1.82, 2.24) is 5.32 Å². The Hall–Kier alpha value is -1.94. The number of hydrogen-bond donors (Lipinski definition) is 2. The molecule has 1 unspecified atom stereocenters. The Bertz CT molecular complexity index is 642. The van der Waals surface area contributed by atoms with Gasteiger partial charge in [0.1, 0.15) is 5.75 Å². The maximum Gasteiger partial charge on any atom is 0.159 e. The largest absolute Gasteiger partial charge is 0.508 e. The molecule has 104 valence electrons. The quantitative estimate of drug-likeness (QED) is 0.882. The number of rotatable bonds is 2. The summed E-state index contributed by atoms with van der Waals surface area (Å²) in [5.41, 5.74) is 2.95. The van der Waals surface area contributed by atoms with E-state index in [1.54, 1.807) is 18.2 Å². The molecule has 1 atom stereocenters. The van der Waals surface area contributed by atoms with Crippen LogP contribution >= 0.6 is 0 Å². The third-order valence-corrected chi connectivity index (χ3v) is 3.71. The summed E-state index contributed by atoms with van der Waals surface area (Å²) in [6, 6.07) is 9.33. The molecule has 0 bridgehead atoms. The van der Waals surface area contributed by atoms with Crippen LogP contribution in [0, 0.1) is 11.6 Å². The normalized spacial score (nSPS) is 17.8. The SMILES string of the molecule is Oc1ccc2c(c1)C(Cc1ccc(F)c(F)c1)NCC2. The summed E-state index contributed by atoms with van der Waals surface area (Å²) in [7, 11) is 0. The van der Waals surface area contributed by atoms with Gasteiger partial charge in [0.2, 0.25) is 0 Å². The van der Waals surface area contributed by atoms with Gasteiger partial charge in [-0.1, -0.05) is 12.1 Å². The number of phenolic OH excluding ortho intramolecular Hbond substituents is 1. The molecule has 4 heteroatoms. The van der Waals surface area contributed by atoms with E-state index in [-0.39, 0.29) is 11.8 Å². The molecule has 2 nitrogen and oxygen atoms in total. The summed E-state index contributed by atoms with van der Waals surface area (Å²) < 4.78 is 26.2. The van der Waals surface area contributed by atoms with Crippen LogP contribution in [0.2, 0.25) is 0 Å². The third kappa shape index (κ3) is 2.51. The number of phenols is 1. The molecule has 0 spiro atoms. The highest BCUT2D eigenvalue weighted by Gasteiger charge is 2.20. The average molecular weight is 275 g/mol. The maximum absolute atomic E-state index is 13.3. The van der Waals surface area contributed by atoms with Crippen molar-refractivity contribution < 1.29 is 13.9 Å². The molecule has 1 heterocycles. The summed E-state index contributed by atoms with van der Waals surface area (Å²) in [5.74, 6) is -1.43. The van der Waals surface area contributed by atoms with Crippen molar-refractivity contribution in [3.05, 3.63) is 64.7 Å².